The molecule has 2 aliphatic rings. The van der Waals surface area contributed by atoms with Crippen LogP contribution in [0, 0.1) is 17.8 Å². The number of carbonyl (C=O) groups is 2. The Bertz CT molecular complexity index is 548. The Morgan fingerprint density at radius 1 is 1.21 bits per heavy atom. The molecule has 4 nitrogen and oxygen atoms in total. The van der Waals surface area contributed by atoms with Crippen LogP contribution in [0.2, 0.25) is 5.02 Å². The lowest BCUT2D eigenvalue weighted by Crippen LogP contribution is -2.22. The van der Waals surface area contributed by atoms with E-state index >= 15 is 0 Å². The van der Waals surface area contributed by atoms with E-state index in [0.29, 0.717) is 16.9 Å². The average molecular weight is 280 g/mol. The second-order valence-corrected chi connectivity index (χ2v) is 5.84. The van der Waals surface area contributed by atoms with E-state index in [-0.39, 0.29) is 23.1 Å². The van der Waals surface area contributed by atoms with E-state index < -0.39 is 5.97 Å². The van der Waals surface area contributed by atoms with E-state index in [1.807, 2.05) is 0 Å². The molecule has 2 fully saturated rings. The highest BCUT2D eigenvalue weighted by atomic mass is 35.5. The van der Waals surface area contributed by atoms with Gasteiger partial charge in [0.15, 0.2) is 0 Å². The highest BCUT2D eigenvalue weighted by molar-refractivity contribution is 6.31. The Morgan fingerprint density at radius 2 is 1.89 bits per heavy atom. The lowest BCUT2D eigenvalue weighted by Gasteiger charge is -2.14. The van der Waals surface area contributed by atoms with Crippen molar-refractivity contribution in [1.29, 1.82) is 0 Å². The van der Waals surface area contributed by atoms with Gasteiger partial charge in [0, 0.05) is 10.9 Å². The van der Waals surface area contributed by atoms with Crippen LogP contribution in [0.4, 0.5) is 5.69 Å². The number of amides is 1. The summed E-state index contributed by atoms with van der Waals surface area (Å²) >= 11 is 5.85. The van der Waals surface area contributed by atoms with Crippen LogP contribution in [-0.2, 0) is 4.79 Å². The third-order valence-electron chi connectivity index (χ3n) is 4.08. The predicted molar refractivity (Wildman–Crippen MR) is 71.4 cm³/mol. The molecule has 0 radical (unpaired) electrons. The summed E-state index contributed by atoms with van der Waals surface area (Å²) in [6, 6.07) is 4.40. The lowest BCUT2D eigenvalue weighted by molar-refractivity contribution is -0.120. The molecule has 0 aromatic heterocycles. The third-order valence-corrected chi connectivity index (χ3v) is 4.32. The van der Waals surface area contributed by atoms with Gasteiger partial charge in [0.25, 0.3) is 0 Å². The zero-order chi connectivity index (χ0) is 13.6. The minimum atomic E-state index is -1.07. The molecule has 100 valence electrons. The number of fused-ring (bicyclic) bond motifs is 1. The zero-order valence-electron chi connectivity index (χ0n) is 10.2. The number of hydrogen-bond acceptors (Lipinski definition) is 2. The fourth-order valence-electron chi connectivity index (χ4n) is 2.97. The van der Waals surface area contributed by atoms with Crippen molar-refractivity contribution in [2.45, 2.75) is 19.3 Å². The molecule has 2 unspecified atom stereocenters. The van der Waals surface area contributed by atoms with Crippen LogP contribution in [0.25, 0.3) is 0 Å². The van der Waals surface area contributed by atoms with Crippen molar-refractivity contribution in [2.24, 2.45) is 17.8 Å². The molecule has 0 aliphatic heterocycles. The number of carbonyl (C=O) groups excluding carboxylic acids is 1. The molecule has 0 spiro atoms. The maximum Gasteiger partial charge on any atom is 0.337 e. The summed E-state index contributed by atoms with van der Waals surface area (Å²) in [7, 11) is 0. The fourth-order valence-corrected chi connectivity index (χ4v) is 3.14. The largest absolute Gasteiger partial charge is 0.478 e. The van der Waals surface area contributed by atoms with Gasteiger partial charge in [-0.1, -0.05) is 11.6 Å². The molecule has 0 heterocycles. The molecule has 3 rings (SSSR count). The number of anilines is 1. The van der Waals surface area contributed by atoms with Gasteiger partial charge in [-0.15, -0.1) is 0 Å². The molecular weight excluding hydrogens is 266 g/mol. The van der Waals surface area contributed by atoms with Gasteiger partial charge in [-0.2, -0.15) is 0 Å². The number of nitrogens with one attached hydrogen (secondary N) is 1. The molecule has 1 aromatic rings. The van der Waals surface area contributed by atoms with Crippen LogP contribution in [0.3, 0.4) is 0 Å². The van der Waals surface area contributed by atoms with E-state index in [1.54, 1.807) is 0 Å². The summed E-state index contributed by atoms with van der Waals surface area (Å²) < 4.78 is 0. The van der Waals surface area contributed by atoms with E-state index in [9.17, 15) is 9.59 Å². The van der Waals surface area contributed by atoms with Gasteiger partial charge >= 0.3 is 5.97 Å². The number of benzene rings is 1. The van der Waals surface area contributed by atoms with Gasteiger partial charge in [0.05, 0.1) is 11.3 Å². The number of rotatable bonds is 3. The van der Waals surface area contributed by atoms with Gasteiger partial charge in [-0.05, 0) is 49.3 Å². The van der Waals surface area contributed by atoms with Crippen molar-refractivity contribution in [2.75, 3.05) is 5.32 Å². The lowest BCUT2D eigenvalue weighted by atomic mass is 10.0. The molecular formula is C14H14ClNO3. The number of carboxylic acid groups (broad SMARTS) is 1. The normalized spacial score (nSPS) is 27.7. The van der Waals surface area contributed by atoms with Crippen molar-refractivity contribution in [1.82, 2.24) is 0 Å². The Morgan fingerprint density at radius 3 is 2.53 bits per heavy atom. The minimum Gasteiger partial charge on any atom is -0.478 e. The monoisotopic (exact) mass is 279 g/mol. The summed E-state index contributed by atoms with van der Waals surface area (Å²) in [6.45, 7) is 0. The summed E-state index contributed by atoms with van der Waals surface area (Å²) in [5.41, 5.74) is 0.353. The predicted octanol–water partition coefficient (Wildman–Crippen LogP) is 3.02. The van der Waals surface area contributed by atoms with Crippen molar-refractivity contribution < 1.29 is 14.7 Å². The minimum absolute atomic E-state index is 0.0179. The van der Waals surface area contributed by atoms with Gasteiger partial charge in [-0.25, -0.2) is 4.79 Å². The molecule has 0 saturated heterocycles. The van der Waals surface area contributed by atoms with Crippen molar-refractivity contribution in [3.63, 3.8) is 0 Å². The number of hydrogen-bond donors (Lipinski definition) is 2. The first-order valence-electron chi connectivity index (χ1n) is 6.38. The van der Waals surface area contributed by atoms with Crippen molar-refractivity contribution in [3.05, 3.63) is 28.8 Å². The molecule has 2 saturated carbocycles. The molecule has 2 atom stereocenters. The van der Waals surface area contributed by atoms with Crippen LogP contribution >= 0.6 is 11.6 Å². The van der Waals surface area contributed by atoms with Crippen LogP contribution in [0.5, 0.6) is 0 Å². The SMILES string of the molecule is O=C(O)c1ccc(Cl)cc1NC(=O)C1CC2CC2C1. The highest BCUT2D eigenvalue weighted by Crippen LogP contribution is 2.54. The molecule has 2 N–H and O–H groups in total. The van der Waals surface area contributed by atoms with Crippen LogP contribution < -0.4 is 5.32 Å². The van der Waals surface area contributed by atoms with Gasteiger partial charge in [0.1, 0.15) is 0 Å². The summed E-state index contributed by atoms with van der Waals surface area (Å²) in [5, 5.41) is 12.2. The van der Waals surface area contributed by atoms with E-state index in [1.165, 1.54) is 24.6 Å². The Hall–Kier alpha value is -1.55. The summed E-state index contributed by atoms with van der Waals surface area (Å²) in [4.78, 5) is 23.2. The number of aromatic carboxylic acids is 1. The van der Waals surface area contributed by atoms with Gasteiger partial charge < -0.3 is 10.4 Å². The topological polar surface area (TPSA) is 66.4 Å². The second-order valence-electron chi connectivity index (χ2n) is 5.41. The van der Waals surface area contributed by atoms with Gasteiger partial charge in [0.2, 0.25) is 5.91 Å². The standard InChI is InChI=1S/C14H14ClNO3/c15-10-1-2-11(14(18)19)12(6-10)16-13(17)9-4-7-3-8(7)5-9/h1-2,6-9H,3-5H2,(H,16,17)(H,18,19). The van der Waals surface area contributed by atoms with Crippen molar-refractivity contribution >= 4 is 29.2 Å². The molecule has 5 heteroatoms. The van der Waals surface area contributed by atoms with Crippen LogP contribution in [0.15, 0.2) is 18.2 Å². The smallest absolute Gasteiger partial charge is 0.337 e. The molecule has 1 amide bonds. The maximum absolute atomic E-state index is 12.1. The Kier molecular flexibility index (Phi) is 2.97. The zero-order valence-corrected chi connectivity index (χ0v) is 11.0. The first kappa shape index (κ1) is 12.5. The number of halogens is 1. The van der Waals surface area contributed by atoms with Gasteiger partial charge in [-0.3, -0.25) is 4.79 Å². The summed E-state index contributed by atoms with van der Waals surface area (Å²) in [5.74, 6) is 0.297. The summed E-state index contributed by atoms with van der Waals surface area (Å²) in [6.07, 6.45) is 3.11. The first-order valence-corrected chi connectivity index (χ1v) is 6.76. The average Bonchev–Trinajstić information content (AvgIpc) is 2.95. The van der Waals surface area contributed by atoms with Crippen LogP contribution in [0.1, 0.15) is 29.6 Å². The van der Waals surface area contributed by atoms with E-state index in [0.717, 1.165) is 12.8 Å². The first-order chi connectivity index (χ1) is 9.04. The second kappa shape index (κ2) is 4.53. The molecule has 2 aliphatic carbocycles. The van der Waals surface area contributed by atoms with E-state index in [4.69, 9.17) is 16.7 Å². The van der Waals surface area contributed by atoms with Crippen LogP contribution in [-0.4, -0.2) is 17.0 Å². The number of carboxylic acids is 1. The van der Waals surface area contributed by atoms with E-state index in [2.05, 4.69) is 5.32 Å². The fraction of sp³-hybridized carbons (Fsp3) is 0.429. The molecule has 19 heavy (non-hydrogen) atoms. The third kappa shape index (κ3) is 2.45. The highest BCUT2D eigenvalue weighted by Gasteiger charge is 2.48. The Labute approximate surface area is 115 Å². The quantitative estimate of drug-likeness (QED) is 0.894. The Balaban J connectivity index is 1.76. The maximum atomic E-state index is 12.1. The molecule has 0 bridgehead atoms. The van der Waals surface area contributed by atoms with Crippen molar-refractivity contribution in [3.8, 4) is 0 Å². The molecule has 1 aromatic carbocycles.